The SMILES string of the molecule is CCC(C)=C1[C@H]2C=C[C@H]1[C@H]1C(=O)N(c3ccc(Cl)cc3)C(=O)[C@@H]12. The van der Waals surface area contributed by atoms with Crippen molar-refractivity contribution < 1.29 is 9.59 Å². The third kappa shape index (κ3) is 1.89. The number of amides is 2. The molecular weight excluding hydrogens is 310 g/mol. The number of halogens is 1. The minimum Gasteiger partial charge on any atom is -0.274 e. The summed E-state index contributed by atoms with van der Waals surface area (Å²) in [5, 5.41) is 0.596. The molecule has 1 aromatic carbocycles. The van der Waals surface area contributed by atoms with E-state index in [0.717, 1.165) is 6.42 Å². The normalized spacial score (nSPS) is 31.3. The maximum absolute atomic E-state index is 12.9. The predicted molar refractivity (Wildman–Crippen MR) is 90.0 cm³/mol. The van der Waals surface area contributed by atoms with Crippen LogP contribution in [0.3, 0.4) is 0 Å². The smallest absolute Gasteiger partial charge is 0.238 e. The summed E-state index contributed by atoms with van der Waals surface area (Å²) in [6.45, 7) is 4.24. The van der Waals surface area contributed by atoms with Gasteiger partial charge in [-0.1, -0.05) is 41.8 Å². The van der Waals surface area contributed by atoms with E-state index < -0.39 is 0 Å². The van der Waals surface area contributed by atoms with Gasteiger partial charge in [-0.2, -0.15) is 0 Å². The fourth-order valence-corrected chi connectivity index (χ4v) is 4.51. The quantitative estimate of drug-likeness (QED) is 0.608. The molecule has 4 rings (SSSR count). The maximum Gasteiger partial charge on any atom is 0.238 e. The number of allylic oxidation sites excluding steroid dienone is 4. The van der Waals surface area contributed by atoms with E-state index in [1.807, 2.05) is 0 Å². The van der Waals surface area contributed by atoms with Crippen LogP contribution in [0.5, 0.6) is 0 Å². The fourth-order valence-electron chi connectivity index (χ4n) is 4.38. The zero-order valence-corrected chi connectivity index (χ0v) is 13.9. The van der Waals surface area contributed by atoms with Crippen molar-refractivity contribution in [2.24, 2.45) is 23.7 Å². The summed E-state index contributed by atoms with van der Waals surface area (Å²) >= 11 is 5.91. The van der Waals surface area contributed by atoms with Crippen molar-refractivity contribution in [3.05, 3.63) is 52.6 Å². The van der Waals surface area contributed by atoms with Crippen molar-refractivity contribution in [2.45, 2.75) is 20.3 Å². The largest absolute Gasteiger partial charge is 0.274 e. The summed E-state index contributed by atoms with van der Waals surface area (Å²) in [5.74, 6) is -0.409. The molecule has 2 bridgehead atoms. The predicted octanol–water partition coefficient (Wildman–Crippen LogP) is 3.99. The lowest BCUT2D eigenvalue weighted by molar-refractivity contribution is -0.122. The molecule has 0 unspecified atom stereocenters. The Morgan fingerprint density at radius 3 is 2.04 bits per heavy atom. The van der Waals surface area contributed by atoms with Gasteiger partial charge in [0.1, 0.15) is 0 Å². The number of benzene rings is 1. The number of fused-ring (bicyclic) bond motifs is 5. The van der Waals surface area contributed by atoms with Gasteiger partial charge >= 0.3 is 0 Å². The van der Waals surface area contributed by atoms with Crippen LogP contribution in [-0.4, -0.2) is 11.8 Å². The Bertz CT molecular complexity index is 728. The molecule has 1 aromatic rings. The fraction of sp³-hybridized carbons (Fsp3) is 0.368. The van der Waals surface area contributed by atoms with Gasteiger partial charge in [-0.15, -0.1) is 0 Å². The first-order valence-electron chi connectivity index (χ1n) is 8.05. The minimum atomic E-state index is -0.232. The Morgan fingerprint density at radius 2 is 1.57 bits per heavy atom. The average Bonchev–Trinajstić information content (AvgIpc) is 3.18. The van der Waals surface area contributed by atoms with Crippen molar-refractivity contribution in [1.82, 2.24) is 0 Å². The zero-order valence-electron chi connectivity index (χ0n) is 13.1. The summed E-state index contributed by atoms with van der Waals surface area (Å²) in [4.78, 5) is 27.2. The molecule has 2 amide bonds. The van der Waals surface area contributed by atoms with E-state index in [2.05, 4.69) is 26.0 Å². The molecule has 0 radical (unpaired) electrons. The Morgan fingerprint density at radius 1 is 1.04 bits per heavy atom. The summed E-state index contributed by atoms with van der Waals surface area (Å²) in [6.07, 6.45) is 5.21. The van der Waals surface area contributed by atoms with Gasteiger partial charge < -0.3 is 0 Å². The van der Waals surface area contributed by atoms with E-state index in [0.29, 0.717) is 10.7 Å². The molecule has 0 aromatic heterocycles. The van der Waals surface area contributed by atoms with E-state index in [4.69, 9.17) is 11.6 Å². The van der Waals surface area contributed by atoms with Gasteiger partial charge in [0, 0.05) is 16.9 Å². The van der Waals surface area contributed by atoms with Crippen LogP contribution in [0, 0.1) is 23.7 Å². The molecule has 23 heavy (non-hydrogen) atoms. The number of rotatable bonds is 2. The van der Waals surface area contributed by atoms with Crippen molar-refractivity contribution in [1.29, 1.82) is 0 Å². The van der Waals surface area contributed by atoms with Gasteiger partial charge in [0.05, 0.1) is 17.5 Å². The molecule has 1 aliphatic heterocycles. The second kappa shape index (κ2) is 5.07. The molecule has 3 nitrogen and oxygen atoms in total. The van der Waals surface area contributed by atoms with Gasteiger partial charge in [0.2, 0.25) is 11.8 Å². The van der Waals surface area contributed by atoms with E-state index in [9.17, 15) is 9.59 Å². The van der Waals surface area contributed by atoms with Gasteiger partial charge in [0.15, 0.2) is 0 Å². The van der Waals surface area contributed by atoms with Gasteiger partial charge in [0.25, 0.3) is 0 Å². The number of carbonyl (C=O) groups is 2. The van der Waals surface area contributed by atoms with Crippen LogP contribution in [0.4, 0.5) is 5.69 Å². The van der Waals surface area contributed by atoms with E-state index in [-0.39, 0.29) is 35.5 Å². The van der Waals surface area contributed by atoms with E-state index in [1.54, 1.807) is 24.3 Å². The second-order valence-corrected chi connectivity index (χ2v) is 7.00. The van der Waals surface area contributed by atoms with Gasteiger partial charge in [-0.25, -0.2) is 4.90 Å². The van der Waals surface area contributed by atoms with Crippen LogP contribution in [0.1, 0.15) is 20.3 Å². The summed E-state index contributed by atoms with van der Waals surface area (Å²) in [5.41, 5.74) is 3.24. The molecule has 4 atom stereocenters. The van der Waals surface area contributed by atoms with Crippen molar-refractivity contribution in [3.63, 3.8) is 0 Å². The highest BCUT2D eigenvalue weighted by atomic mass is 35.5. The van der Waals surface area contributed by atoms with Crippen LogP contribution in [0.2, 0.25) is 5.02 Å². The minimum absolute atomic E-state index is 0.0689. The molecule has 4 heteroatoms. The lowest BCUT2D eigenvalue weighted by Crippen LogP contribution is -2.33. The first kappa shape index (κ1) is 14.7. The topological polar surface area (TPSA) is 37.4 Å². The standard InChI is InChI=1S/C19H18ClNO2/c1-3-10(2)15-13-8-9-14(15)17-16(13)18(22)21(19(17)23)12-6-4-11(20)5-7-12/h4-9,13-14,16-17H,3H2,1-2H3/t13-,14-,16-,17-/m1/s1. The summed E-state index contributed by atoms with van der Waals surface area (Å²) in [6, 6.07) is 6.90. The van der Waals surface area contributed by atoms with Crippen LogP contribution < -0.4 is 4.90 Å². The molecular formula is C19H18ClNO2. The number of nitrogens with zero attached hydrogens (tertiary/aromatic N) is 1. The highest BCUT2D eigenvalue weighted by Crippen LogP contribution is 2.57. The van der Waals surface area contributed by atoms with Crippen LogP contribution in [0.15, 0.2) is 47.6 Å². The van der Waals surface area contributed by atoms with Crippen molar-refractivity contribution in [2.75, 3.05) is 4.90 Å². The highest BCUT2D eigenvalue weighted by molar-refractivity contribution is 6.31. The summed E-state index contributed by atoms with van der Waals surface area (Å²) < 4.78 is 0. The van der Waals surface area contributed by atoms with Crippen LogP contribution in [-0.2, 0) is 9.59 Å². The Kier molecular flexibility index (Phi) is 3.24. The number of imide groups is 1. The lowest BCUT2D eigenvalue weighted by Gasteiger charge is -2.19. The molecule has 0 N–H and O–H groups in total. The Labute approximate surface area is 140 Å². The summed E-state index contributed by atoms with van der Waals surface area (Å²) in [7, 11) is 0. The van der Waals surface area contributed by atoms with Gasteiger partial charge in [-0.3, -0.25) is 9.59 Å². The molecule has 0 spiro atoms. The number of hydrogen-bond donors (Lipinski definition) is 0. The number of hydrogen-bond acceptors (Lipinski definition) is 2. The Hall–Kier alpha value is -1.87. The van der Waals surface area contributed by atoms with Crippen molar-refractivity contribution >= 4 is 29.1 Å². The molecule has 1 heterocycles. The number of anilines is 1. The molecule has 118 valence electrons. The first-order valence-corrected chi connectivity index (χ1v) is 8.43. The third-order valence-electron chi connectivity index (χ3n) is 5.52. The zero-order chi connectivity index (χ0) is 16.3. The molecule has 1 saturated heterocycles. The Balaban J connectivity index is 1.74. The number of carbonyl (C=O) groups excluding carboxylic acids is 2. The second-order valence-electron chi connectivity index (χ2n) is 6.57. The van der Waals surface area contributed by atoms with Crippen molar-refractivity contribution in [3.8, 4) is 0 Å². The van der Waals surface area contributed by atoms with E-state index in [1.165, 1.54) is 16.0 Å². The molecule has 1 saturated carbocycles. The molecule has 2 aliphatic carbocycles. The molecule has 3 aliphatic rings. The lowest BCUT2D eigenvalue weighted by atomic mass is 9.85. The highest BCUT2D eigenvalue weighted by Gasteiger charge is 2.61. The third-order valence-corrected chi connectivity index (χ3v) is 5.78. The molecule has 2 fully saturated rings. The van der Waals surface area contributed by atoms with E-state index >= 15 is 0 Å². The maximum atomic E-state index is 12.9. The monoisotopic (exact) mass is 327 g/mol. The van der Waals surface area contributed by atoms with Gasteiger partial charge in [-0.05, 0) is 37.6 Å². The first-order chi connectivity index (χ1) is 11.0. The van der Waals surface area contributed by atoms with Crippen LogP contribution >= 0.6 is 11.6 Å². The average molecular weight is 328 g/mol. The van der Waals surface area contributed by atoms with Crippen LogP contribution in [0.25, 0.3) is 0 Å².